The van der Waals surface area contributed by atoms with Crippen LogP contribution < -0.4 is 0 Å². The van der Waals surface area contributed by atoms with Gasteiger partial charge in [-0.1, -0.05) is 0 Å². The number of amides is 1. The van der Waals surface area contributed by atoms with Crippen molar-refractivity contribution < 1.29 is 23.8 Å². The van der Waals surface area contributed by atoms with Gasteiger partial charge in [0.05, 0.1) is 19.8 Å². The first-order valence-corrected chi connectivity index (χ1v) is 9.84. The molecule has 2 saturated heterocycles. The molecule has 2 aromatic rings. The van der Waals surface area contributed by atoms with Gasteiger partial charge in [0.15, 0.2) is 0 Å². The Morgan fingerprint density at radius 2 is 1.86 bits per heavy atom. The van der Waals surface area contributed by atoms with Gasteiger partial charge in [-0.3, -0.25) is 19.4 Å². The number of aromatic amines is 1. The normalized spacial score (nSPS) is 20.1. The quantitative estimate of drug-likeness (QED) is 0.770. The van der Waals surface area contributed by atoms with Crippen LogP contribution in [0.1, 0.15) is 11.6 Å². The summed E-state index contributed by atoms with van der Waals surface area (Å²) in [6.07, 6.45) is 1.65. The molecule has 1 amide bonds. The third kappa shape index (κ3) is 4.26. The number of nitrogens with one attached hydrogen (secondary N) is 1. The number of fused-ring (bicyclic) bond motifs is 1. The lowest BCUT2D eigenvalue weighted by Gasteiger charge is -2.38. The number of hydrogen-bond donors (Lipinski definition) is 2. The Balaban J connectivity index is 1.41. The summed E-state index contributed by atoms with van der Waals surface area (Å²) in [5, 5.41) is 10.6. The molecule has 1 atom stereocenters. The summed E-state index contributed by atoms with van der Waals surface area (Å²) in [7, 11) is 0. The van der Waals surface area contributed by atoms with Crippen LogP contribution in [0.25, 0.3) is 10.9 Å². The molecule has 2 N–H and O–H groups in total. The number of hydrogen-bond acceptors (Lipinski definition) is 5. The molecule has 0 bridgehead atoms. The summed E-state index contributed by atoms with van der Waals surface area (Å²) in [6.45, 7) is 5.08. The highest BCUT2D eigenvalue weighted by Crippen LogP contribution is 2.30. The standard InChI is InChI=1S/C20H25FN4O4/c21-14-1-2-15-16(12-22-17(15)11-14)19(20(27)28)25-5-3-23(4-6-25)13-18(26)24-7-9-29-10-8-24/h1-2,11-12,19,22H,3-10,13H2,(H,27,28)/t19-/m1/s1. The number of morpholine rings is 1. The first-order chi connectivity index (χ1) is 14.0. The number of aromatic nitrogens is 1. The van der Waals surface area contributed by atoms with E-state index >= 15 is 0 Å². The molecule has 9 heteroatoms. The number of halogens is 1. The monoisotopic (exact) mass is 404 g/mol. The van der Waals surface area contributed by atoms with Crippen LogP contribution in [-0.4, -0.2) is 95.7 Å². The summed E-state index contributed by atoms with van der Waals surface area (Å²) >= 11 is 0. The van der Waals surface area contributed by atoms with Crippen molar-refractivity contribution >= 4 is 22.8 Å². The van der Waals surface area contributed by atoms with Crippen LogP contribution in [0, 0.1) is 5.82 Å². The van der Waals surface area contributed by atoms with Crippen molar-refractivity contribution in [2.45, 2.75) is 6.04 Å². The zero-order valence-corrected chi connectivity index (χ0v) is 16.1. The summed E-state index contributed by atoms with van der Waals surface area (Å²) in [4.78, 5) is 33.3. The van der Waals surface area contributed by atoms with Gasteiger partial charge < -0.3 is 19.7 Å². The molecule has 2 aliphatic heterocycles. The number of piperazine rings is 1. The van der Waals surface area contributed by atoms with Crippen LogP contribution >= 0.6 is 0 Å². The summed E-state index contributed by atoms with van der Waals surface area (Å²) in [5.41, 5.74) is 1.21. The average Bonchev–Trinajstić information content (AvgIpc) is 3.12. The molecule has 0 aliphatic carbocycles. The number of ether oxygens (including phenoxy) is 1. The molecule has 2 fully saturated rings. The third-order valence-electron chi connectivity index (χ3n) is 5.70. The fraction of sp³-hybridized carbons (Fsp3) is 0.500. The van der Waals surface area contributed by atoms with Gasteiger partial charge in [0.1, 0.15) is 11.9 Å². The first kappa shape index (κ1) is 19.8. The molecule has 1 aromatic carbocycles. The zero-order chi connectivity index (χ0) is 20.4. The highest BCUT2D eigenvalue weighted by molar-refractivity contribution is 5.89. The molecule has 0 unspecified atom stereocenters. The first-order valence-electron chi connectivity index (χ1n) is 9.84. The van der Waals surface area contributed by atoms with Crippen molar-refractivity contribution in [3.63, 3.8) is 0 Å². The Labute approximate surface area is 167 Å². The Kier molecular flexibility index (Phi) is 5.79. The minimum Gasteiger partial charge on any atom is -0.480 e. The van der Waals surface area contributed by atoms with Crippen LogP contribution in [0.2, 0.25) is 0 Å². The van der Waals surface area contributed by atoms with Crippen molar-refractivity contribution in [2.24, 2.45) is 0 Å². The highest BCUT2D eigenvalue weighted by Gasteiger charge is 2.33. The van der Waals surface area contributed by atoms with E-state index in [2.05, 4.69) is 9.88 Å². The molecule has 156 valence electrons. The van der Waals surface area contributed by atoms with Crippen LogP contribution in [0.3, 0.4) is 0 Å². The van der Waals surface area contributed by atoms with Gasteiger partial charge in [-0.25, -0.2) is 4.39 Å². The number of carboxylic acids is 1. The molecule has 0 saturated carbocycles. The number of carbonyl (C=O) groups excluding carboxylic acids is 1. The predicted molar refractivity (Wildman–Crippen MR) is 104 cm³/mol. The van der Waals surface area contributed by atoms with Crippen molar-refractivity contribution in [1.29, 1.82) is 0 Å². The van der Waals surface area contributed by atoms with Crippen LogP contribution in [0.4, 0.5) is 4.39 Å². The molecule has 3 heterocycles. The van der Waals surface area contributed by atoms with Crippen molar-refractivity contribution in [3.05, 3.63) is 35.8 Å². The maximum absolute atomic E-state index is 13.5. The van der Waals surface area contributed by atoms with Crippen LogP contribution in [0.15, 0.2) is 24.4 Å². The molecule has 0 spiro atoms. The lowest BCUT2D eigenvalue weighted by atomic mass is 10.0. The molecule has 8 nitrogen and oxygen atoms in total. The molecule has 4 rings (SSSR count). The zero-order valence-electron chi connectivity index (χ0n) is 16.1. The largest absolute Gasteiger partial charge is 0.480 e. The molecule has 0 radical (unpaired) electrons. The number of rotatable bonds is 5. The lowest BCUT2D eigenvalue weighted by molar-refractivity contribution is -0.145. The van der Waals surface area contributed by atoms with E-state index in [0.717, 1.165) is 0 Å². The average molecular weight is 404 g/mol. The second-order valence-electron chi connectivity index (χ2n) is 7.48. The van der Waals surface area contributed by atoms with E-state index in [1.54, 1.807) is 12.3 Å². The van der Waals surface area contributed by atoms with Gasteiger partial charge >= 0.3 is 5.97 Å². The summed E-state index contributed by atoms with van der Waals surface area (Å²) < 4.78 is 18.7. The van der Waals surface area contributed by atoms with Crippen molar-refractivity contribution in [3.8, 4) is 0 Å². The third-order valence-corrected chi connectivity index (χ3v) is 5.70. The molecule has 1 aromatic heterocycles. The van der Waals surface area contributed by atoms with Gasteiger partial charge in [-0.2, -0.15) is 0 Å². The maximum atomic E-state index is 13.5. The highest BCUT2D eigenvalue weighted by atomic mass is 19.1. The van der Waals surface area contributed by atoms with Crippen LogP contribution in [0.5, 0.6) is 0 Å². The van der Waals surface area contributed by atoms with E-state index < -0.39 is 12.0 Å². The van der Waals surface area contributed by atoms with E-state index in [1.165, 1.54) is 12.1 Å². The van der Waals surface area contributed by atoms with Gasteiger partial charge in [0, 0.05) is 61.9 Å². The molecule has 2 aliphatic rings. The van der Waals surface area contributed by atoms with Gasteiger partial charge in [-0.05, 0) is 18.2 Å². The number of carboxylic acid groups (broad SMARTS) is 1. The maximum Gasteiger partial charge on any atom is 0.325 e. The topological polar surface area (TPSA) is 89.1 Å². The molecular formula is C20H25FN4O4. The Bertz CT molecular complexity index is 888. The minimum atomic E-state index is -0.937. The number of H-pyrrole nitrogens is 1. The van der Waals surface area contributed by atoms with Crippen molar-refractivity contribution in [2.75, 3.05) is 59.0 Å². The van der Waals surface area contributed by atoms with E-state index in [4.69, 9.17) is 4.74 Å². The van der Waals surface area contributed by atoms with Crippen LogP contribution in [-0.2, 0) is 14.3 Å². The van der Waals surface area contributed by atoms with Gasteiger partial charge in [-0.15, -0.1) is 0 Å². The fourth-order valence-electron chi connectivity index (χ4n) is 4.12. The lowest BCUT2D eigenvalue weighted by Crippen LogP contribution is -2.52. The van der Waals surface area contributed by atoms with Crippen molar-refractivity contribution in [1.82, 2.24) is 19.7 Å². The Hall–Kier alpha value is -2.49. The SMILES string of the molecule is O=C(O)[C@@H](c1c[nH]c2cc(F)ccc12)N1CCN(CC(=O)N2CCOCC2)CC1. The summed E-state index contributed by atoms with van der Waals surface area (Å²) in [6, 6.07) is 3.51. The van der Waals surface area contributed by atoms with E-state index in [1.807, 2.05) is 9.80 Å². The smallest absolute Gasteiger partial charge is 0.325 e. The Morgan fingerprint density at radius 1 is 1.14 bits per heavy atom. The number of nitrogens with zero attached hydrogens (tertiary/aromatic N) is 3. The molecule has 29 heavy (non-hydrogen) atoms. The van der Waals surface area contributed by atoms with E-state index in [-0.39, 0.29) is 11.7 Å². The van der Waals surface area contributed by atoms with E-state index in [9.17, 15) is 19.1 Å². The van der Waals surface area contributed by atoms with Gasteiger partial charge in [0.2, 0.25) is 5.91 Å². The second kappa shape index (κ2) is 8.48. The predicted octanol–water partition coefficient (Wildman–Crippen LogP) is 0.909. The number of carbonyl (C=O) groups is 2. The number of benzene rings is 1. The molecular weight excluding hydrogens is 379 g/mol. The number of aliphatic carboxylic acids is 1. The Morgan fingerprint density at radius 3 is 2.55 bits per heavy atom. The second-order valence-corrected chi connectivity index (χ2v) is 7.48. The van der Waals surface area contributed by atoms with E-state index in [0.29, 0.717) is 75.5 Å². The fourth-order valence-corrected chi connectivity index (χ4v) is 4.12. The minimum absolute atomic E-state index is 0.0928. The van der Waals surface area contributed by atoms with Gasteiger partial charge in [0.25, 0.3) is 0 Å². The summed E-state index contributed by atoms with van der Waals surface area (Å²) in [5.74, 6) is -1.21.